The number of rotatable bonds is 24. The van der Waals surface area contributed by atoms with Crippen LogP contribution in [0.25, 0.3) is 11.1 Å². The van der Waals surface area contributed by atoms with Crippen LogP contribution in [0.3, 0.4) is 0 Å². The molecular weight excluding hydrogens is 783 g/mol. The van der Waals surface area contributed by atoms with Gasteiger partial charge >= 0.3 is 5.97 Å². The number of likely N-dealkylation sites (tertiary alicyclic amines) is 1. The summed E-state index contributed by atoms with van der Waals surface area (Å²) in [6, 6.07) is 16.3. The van der Waals surface area contributed by atoms with Crippen LogP contribution in [-0.4, -0.2) is 116 Å². The summed E-state index contributed by atoms with van der Waals surface area (Å²) >= 11 is 1.28. The van der Waals surface area contributed by atoms with E-state index in [1.165, 1.54) is 18.4 Å². The number of benzene rings is 2. The zero-order valence-electron chi connectivity index (χ0n) is 36.7. The largest absolute Gasteiger partial charge is 0.481 e. The van der Waals surface area contributed by atoms with Gasteiger partial charge in [0.2, 0.25) is 11.8 Å². The molecule has 1 aliphatic heterocycles. The molecule has 3 N–H and O–H groups in total. The van der Waals surface area contributed by atoms with Crippen LogP contribution in [-0.2, 0) is 35.0 Å². The number of thiazole rings is 1. The third-order valence-corrected chi connectivity index (χ3v) is 12.6. The van der Waals surface area contributed by atoms with Crippen LogP contribution in [0.15, 0.2) is 60.0 Å². The second-order valence-electron chi connectivity index (χ2n) is 16.5. The van der Waals surface area contributed by atoms with Gasteiger partial charge in [-0.3, -0.25) is 24.1 Å². The van der Waals surface area contributed by atoms with Gasteiger partial charge in [0.05, 0.1) is 18.6 Å². The number of amides is 3. The molecule has 1 fully saturated rings. The second kappa shape index (κ2) is 24.3. The molecule has 0 bridgehead atoms. The van der Waals surface area contributed by atoms with E-state index in [9.17, 15) is 24.3 Å². The van der Waals surface area contributed by atoms with Gasteiger partial charge in [0.15, 0.2) is 0 Å². The Kier molecular flexibility index (Phi) is 19.6. The number of carbonyl (C=O) groups excluding carboxylic acids is 3. The van der Waals surface area contributed by atoms with Gasteiger partial charge in [-0.05, 0) is 67.8 Å². The van der Waals surface area contributed by atoms with Gasteiger partial charge in [-0.15, -0.1) is 11.3 Å². The average Bonchev–Trinajstić information content (AvgIpc) is 3.74. The maximum Gasteiger partial charge on any atom is 0.306 e. The molecule has 0 radical (unpaired) electrons. The van der Waals surface area contributed by atoms with Crippen molar-refractivity contribution in [1.82, 2.24) is 25.4 Å². The molecule has 3 aromatic rings. The van der Waals surface area contributed by atoms with E-state index in [-0.39, 0.29) is 54.6 Å². The van der Waals surface area contributed by atoms with E-state index < -0.39 is 36.0 Å². The minimum absolute atomic E-state index is 0.0290. The summed E-state index contributed by atoms with van der Waals surface area (Å²) in [4.78, 5) is 62.8. The normalized spacial score (nSPS) is 17.6. The highest BCUT2D eigenvalue weighted by atomic mass is 32.1. The number of aliphatic carboxylic acids is 1. The Morgan fingerprint density at radius 3 is 2.27 bits per heavy atom. The predicted molar refractivity (Wildman–Crippen MR) is 235 cm³/mol. The number of aromatic nitrogens is 1. The number of likely N-dealkylation sites (N-methyl/N-ethyl adjacent to an activating group) is 1. The monoisotopic (exact) mass is 849 g/mol. The summed E-state index contributed by atoms with van der Waals surface area (Å²) in [7, 11) is 5.09. The van der Waals surface area contributed by atoms with E-state index in [4.69, 9.17) is 19.2 Å². The molecule has 60 heavy (non-hydrogen) atoms. The third-order valence-electron chi connectivity index (χ3n) is 11.6. The Hall–Kier alpha value is -4.21. The van der Waals surface area contributed by atoms with E-state index in [1.54, 1.807) is 19.4 Å². The predicted octanol–water partition coefficient (Wildman–Crippen LogP) is 6.83. The third kappa shape index (κ3) is 13.9. The fourth-order valence-electron chi connectivity index (χ4n) is 7.78. The molecule has 330 valence electrons. The molecular formula is C46H67N5O8S. The molecule has 0 aliphatic carbocycles. The smallest absolute Gasteiger partial charge is 0.306 e. The van der Waals surface area contributed by atoms with Gasteiger partial charge in [-0.25, -0.2) is 4.98 Å². The van der Waals surface area contributed by atoms with Crippen LogP contribution >= 0.6 is 11.3 Å². The molecule has 2 heterocycles. The van der Waals surface area contributed by atoms with Crippen LogP contribution in [0, 0.1) is 17.8 Å². The maximum atomic E-state index is 14.7. The highest BCUT2D eigenvalue weighted by Crippen LogP contribution is 2.32. The van der Waals surface area contributed by atoms with Gasteiger partial charge in [0.1, 0.15) is 29.6 Å². The van der Waals surface area contributed by atoms with E-state index in [0.29, 0.717) is 37.4 Å². The van der Waals surface area contributed by atoms with Gasteiger partial charge < -0.3 is 34.9 Å². The van der Waals surface area contributed by atoms with E-state index in [1.807, 2.05) is 94.2 Å². The highest BCUT2D eigenvalue weighted by Gasteiger charge is 2.38. The van der Waals surface area contributed by atoms with Crippen LogP contribution < -0.4 is 10.6 Å². The van der Waals surface area contributed by atoms with Crippen molar-refractivity contribution in [1.29, 1.82) is 0 Å². The van der Waals surface area contributed by atoms with Crippen LogP contribution in [0.5, 0.6) is 0 Å². The Morgan fingerprint density at radius 2 is 1.65 bits per heavy atom. The van der Waals surface area contributed by atoms with Crippen LogP contribution in [0.2, 0.25) is 0 Å². The summed E-state index contributed by atoms with van der Waals surface area (Å²) in [6.45, 7) is 11.1. The number of ether oxygens (including phenoxy) is 3. The van der Waals surface area contributed by atoms with Crippen LogP contribution in [0.4, 0.5) is 0 Å². The highest BCUT2D eigenvalue weighted by molar-refractivity contribution is 7.09. The first kappa shape index (κ1) is 48.5. The summed E-state index contributed by atoms with van der Waals surface area (Å²) in [5.74, 6) is -2.49. The fraction of sp³-hybridized carbons (Fsp3) is 0.587. The van der Waals surface area contributed by atoms with E-state index in [0.717, 1.165) is 42.5 Å². The molecule has 0 spiro atoms. The van der Waals surface area contributed by atoms with Crippen molar-refractivity contribution in [3.8, 4) is 11.1 Å². The average molecular weight is 850 g/mol. The number of piperidine rings is 1. The Balaban J connectivity index is 1.56. The lowest BCUT2D eigenvalue weighted by atomic mass is 9.92. The summed E-state index contributed by atoms with van der Waals surface area (Å²) < 4.78 is 17.1. The minimum Gasteiger partial charge on any atom is -0.481 e. The van der Waals surface area contributed by atoms with Crippen LogP contribution in [0.1, 0.15) is 100 Å². The van der Waals surface area contributed by atoms with Crippen molar-refractivity contribution in [2.75, 3.05) is 47.8 Å². The van der Waals surface area contributed by atoms with Crippen molar-refractivity contribution in [3.05, 3.63) is 76.2 Å². The van der Waals surface area contributed by atoms with Gasteiger partial charge in [0, 0.05) is 44.6 Å². The lowest BCUT2D eigenvalue weighted by molar-refractivity contribution is -0.144. The molecule has 0 saturated carbocycles. The van der Waals surface area contributed by atoms with E-state index in [2.05, 4.69) is 15.5 Å². The lowest BCUT2D eigenvalue weighted by Gasteiger charge is -2.40. The van der Waals surface area contributed by atoms with Gasteiger partial charge in [-0.2, -0.15) is 0 Å². The summed E-state index contributed by atoms with van der Waals surface area (Å²) in [5, 5.41) is 18.2. The molecule has 14 heteroatoms. The number of nitrogens with one attached hydrogen (secondary N) is 2. The lowest BCUT2D eigenvalue weighted by Crippen LogP contribution is -2.59. The zero-order valence-corrected chi connectivity index (χ0v) is 37.5. The number of carboxylic acid groups (broad SMARTS) is 1. The molecule has 2 aromatic carbocycles. The molecule has 13 nitrogen and oxygen atoms in total. The summed E-state index contributed by atoms with van der Waals surface area (Å²) in [6.07, 6.45) is 3.84. The molecule has 1 aliphatic rings. The molecule has 1 saturated heterocycles. The quantitative estimate of drug-likeness (QED) is 0.0816. The standard InChI is InChI=1S/C46H67N5O8S/c1-9-31(4)41(49-43(53)38-17-13-14-22-50(38)6)45(54)51(23-24-57-7)39(30(2)3)27-40(59-29-58-8)44-48-37(28-60-44)42(52)47-36(25-32(5)46(55)56)26-33-18-20-35(21-19-33)34-15-11-10-12-16-34/h10-12,15-16,18-21,28,30-32,36,38-41H,9,13-14,17,22-27,29H2,1-8H3,(H,47,52)(H,49,53)(H,55,56). The number of hydrogen-bond acceptors (Lipinski definition) is 10. The van der Waals surface area contributed by atoms with Gasteiger partial charge in [-0.1, -0.05) is 102 Å². The Bertz CT molecular complexity index is 1790. The molecule has 3 amide bonds. The first-order chi connectivity index (χ1) is 28.8. The number of carbonyl (C=O) groups is 4. The van der Waals surface area contributed by atoms with E-state index >= 15 is 0 Å². The van der Waals surface area contributed by atoms with Crippen molar-refractivity contribution >= 4 is 35.0 Å². The molecule has 4 rings (SSSR count). The SMILES string of the molecule is CCC(C)C(NC(=O)C1CCCCN1C)C(=O)N(CCOC)C(CC(OCOC)c1nc(C(=O)NC(Cc2ccc(-c3ccccc3)cc2)CC(C)C(=O)O)cs1)C(C)C. The number of methoxy groups -OCH3 is 2. The Morgan fingerprint density at radius 1 is 0.950 bits per heavy atom. The molecule has 1 aromatic heterocycles. The fourth-order valence-corrected chi connectivity index (χ4v) is 8.64. The second-order valence-corrected chi connectivity index (χ2v) is 17.4. The minimum atomic E-state index is -0.935. The number of nitrogens with zero attached hydrogens (tertiary/aromatic N) is 3. The first-order valence-electron chi connectivity index (χ1n) is 21.3. The topological polar surface area (TPSA) is 160 Å². The Labute approximate surface area is 360 Å². The van der Waals surface area contributed by atoms with Crippen molar-refractivity contribution in [2.45, 2.75) is 110 Å². The number of hydrogen-bond donors (Lipinski definition) is 3. The zero-order chi connectivity index (χ0) is 43.8. The molecule has 7 unspecified atom stereocenters. The first-order valence-corrected chi connectivity index (χ1v) is 22.2. The maximum absolute atomic E-state index is 14.7. The summed E-state index contributed by atoms with van der Waals surface area (Å²) in [5.41, 5.74) is 3.31. The van der Waals surface area contributed by atoms with Crippen molar-refractivity contribution in [2.24, 2.45) is 17.8 Å². The van der Waals surface area contributed by atoms with Crippen molar-refractivity contribution in [3.63, 3.8) is 0 Å². The van der Waals surface area contributed by atoms with Crippen molar-refractivity contribution < 1.29 is 38.5 Å². The number of carboxylic acids is 1. The molecule has 7 atom stereocenters. The van der Waals surface area contributed by atoms with Gasteiger partial charge in [0.25, 0.3) is 5.91 Å².